The molecule has 1 saturated heterocycles. The Hall–Kier alpha value is -2.44. The largest absolute Gasteiger partial charge is 0.384 e. The van der Waals surface area contributed by atoms with E-state index in [1.165, 1.54) is 36.7 Å². The Kier molecular flexibility index (Phi) is 6.72. The molecule has 12 heteroatoms. The number of nitrogens with two attached hydrogens (primary N) is 1. The number of hydrogen-bond acceptors (Lipinski definition) is 8. The summed E-state index contributed by atoms with van der Waals surface area (Å²) >= 11 is 1.07. The molecule has 2 aromatic rings. The molecule has 0 radical (unpaired) electrons. The minimum absolute atomic E-state index is 0.105. The minimum atomic E-state index is -3.59. The van der Waals surface area contributed by atoms with E-state index in [4.69, 9.17) is 5.73 Å². The van der Waals surface area contributed by atoms with Crippen molar-refractivity contribution in [1.29, 1.82) is 0 Å². The molecule has 3 rings (SSSR count). The van der Waals surface area contributed by atoms with Crippen molar-refractivity contribution < 1.29 is 13.2 Å². The van der Waals surface area contributed by atoms with Gasteiger partial charge in [0.25, 0.3) is 5.56 Å². The highest BCUT2D eigenvalue weighted by atomic mass is 32.2. The lowest BCUT2D eigenvalue weighted by atomic mass is 10.1. The third kappa shape index (κ3) is 4.46. The van der Waals surface area contributed by atoms with E-state index in [9.17, 15) is 22.8 Å². The van der Waals surface area contributed by atoms with E-state index in [1.54, 1.807) is 6.92 Å². The van der Waals surface area contributed by atoms with Crippen LogP contribution in [-0.4, -0.2) is 51.0 Å². The molecule has 3 heterocycles. The van der Waals surface area contributed by atoms with E-state index < -0.39 is 32.3 Å². The molecule has 2 aromatic heterocycles. The molecule has 0 amide bonds. The van der Waals surface area contributed by atoms with Crippen molar-refractivity contribution in [3.63, 3.8) is 0 Å². The standard InChI is InChI=1S/C19H25N5O5S2/c1-12(16(25)15-17(20)22(2)19(27)23(3)18(15)26)30-14-8-7-13(11-21-14)31(28,29)24-9-5-4-6-10-24/h7-8,11-12H,4-6,9-10,20H2,1-3H3. The fraction of sp³-hybridized carbons (Fsp3) is 0.474. The van der Waals surface area contributed by atoms with Crippen LogP contribution in [0.4, 0.5) is 5.82 Å². The molecule has 1 atom stereocenters. The lowest BCUT2D eigenvalue weighted by Crippen LogP contribution is -2.42. The predicted molar refractivity (Wildman–Crippen MR) is 118 cm³/mol. The first kappa shape index (κ1) is 23.2. The van der Waals surface area contributed by atoms with Crippen molar-refractivity contribution >= 4 is 33.4 Å². The third-order valence-corrected chi connectivity index (χ3v) is 8.22. The molecule has 10 nitrogen and oxygen atoms in total. The molecular weight excluding hydrogens is 442 g/mol. The number of thioether (sulfide) groups is 1. The van der Waals surface area contributed by atoms with E-state index in [-0.39, 0.29) is 16.3 Å². The topological polar surface area (TPSA) is 137 Å². The maximum atomic E-state index is 12.9. The first-order chi connectivity index (χ1) is 14.6. The summed E-state index contributed by atoms with van der Waals surface area (Å²) in [6.45, 7) is 2.59. The van der Waals surface area contributed by atoms with Crippen LogP contribution in [0.25, 0.3) is 0 Å². The van der Waals surface area contributed by atoms with E-state index in [0.29, 0.717) is 18.1 Å². The number of nitrogen functional groups attached to an aromatic ring is 1. The minimum Gasteiger partial charge on any atom is -0.384 e. The zero-order chi connectivity index (χ0) is 22.9. The van der Waals surface area contributed by atoms with Gasteiger partial charge in [-0.05, 0) is 31.9 Å². The summed E-state index contributed by atoms with van der Waals surface area (Å²) in [5.41, 5.74) is 4.23. The molecule has 0 aromatic carbocycles. The van der Waals surface area contributed by atoms with Crippen molar-refractivity contribution in [1.82, 2.24) is 18.4 Å². The normalized spacial score (nSPS) is 16.2. The maximum absolute atomic E-state index is 12.9. The van der Waals surface area contributed by atoms with Crippen molar-refractivity contribution in [3.05, 3.63) is 44.7 Å². The van der Waals surface area contributed by atoms with Crippen LogP contribution in [0.2, 0.25) is 0 Å². The predicted octanol–water partition coefficient (Wildman–Crippen LogP) is 0.599. The van der Waals surface area contributed by atoms with E-state index in [2.05, 4.69) is 4.98 Å². The number of Topliss-reactive ketones (excluding diaryl/α,β-unsaturated/α-hetero) is 1. The van der Waals surface area contributed by atoms with Crippen LogP contribution in [0.15, 0.2) is 37.8 Å². The number of rotatable bonds is 6. The van der Waals surface area contributed by atoms with Gasteiger partial charge in [0.15, 0.2) is 5.78 Å². The van der Waals surface area contributed by atoms with Crippen LogP contribution in [0.1, 0.15) is 36.5 Å². The molecule has 168 valence electrons. The van der Waals surface area contributed by atoms with Gasteiger partial charge in [0, 0.05) is 33.4 Å². The highest BCUT2D eigenvalue weighted by Gasteiger charge is 2.28. The van der Waals surface area contributed by atoms with Gasteiger partial charge < -0.3 is 5.73 Å². The fourth-order valence-corrected chi connectivity index (χ4v) is 5.68. The van der Waals surface area contributed by atoms with Crippen molar-refractivity contribution in [3.8, 4) is 0 Å². The molecule has 1 aliphatic rings. The number of anilines is 1. The Morgan fingerprint density at radius 3 is 2.35 bits per heavy atom. The zero-order valence-electron chi connectivity index (χ0n) is 17.6. The first-order valence-corrected chi connectivity index (χ1v) is 12.1. The summed E-state index contributed by atoms with van der Waals surface area (Å²) in [5.74, 6) is -0.730. The molecule has 0 spiro atoms. The van der Waals surface area contributed by atoms with Gasteiger partial charge in [0.05, 0.1) is 10.3 Å². The molecular formula is C19H25N5O5S2. The first-order valence-electron chi connectivity index (χ1n) is 9.78. The molecule has 2 N–H and O–H groups in total. The van der Waals surface area contributed by atoms with E-state index >= 15 is 0 Å². The lowest BCUT2D eigenvalue weighted by molar-refractivity contribution is 0.0992. The average Bonchev–Trinajstić information content (AvgIpc) is 2.77. The van der Waals surface area contributed by atoms with Crippen LogP contribution in [-0.2, 0) is 24.1 Å². The van der Waals surface area contributed by atoms with Gasteiger partial charge in [0.1, 0.15) is 16.3 Å². The number of ketones is 1. The van der Waals surface area contributed by atoms with Crippen LogP contribution < -0.4 is 17.0 Å². The van der Waals surface area contributed by atoms with Crippen LogP contribution in [0.5, 0.6) is 0 Å². The smallest absolute Gasteiger partial charge is 0.332 e. The van der Waals surface area contributed by atoms with Crippen LogP contribution in [0, 0.1) is 0 Å². The Morgan fingerprint density at radius 1 is 1.13 bits per heavy atom. The number of hydrogen-bond donors (Lipinski definition) is 1. The summed E-state index contributed by atoms with van der Waals surface area (Å²) in [6, 6.07) is 3.00. The van der Waals surface area contributed by atoms with Gasteiger partial charge in [-0.2, -0.15) is 4.31 Å². The summed E-state index contributed by atoms with van der Waals surface area (Å²) in [4.78, 5) is 41.5. The second kappa shape index (κ2) is 8.97. The Morgan fingerprint density at radius 2 is 1.77 bits per heavy atom. The highest BCUT2D eigenvalue weighted by Crippen LogP contribution is 2.26. The number of nitrogens with zero attached hydrogens (tertiary/aromatic N) is 4. The molecule has 1 aliphatic heterocycles. The third-order valence-electron chi connectivity index (χ3n) is 5.29. The van der Waals surface area contributed by atoms with Crippen molar-refractivity contribution in [2.45, 2.75) is 41.4 Å². The number of piperidine rings is 1. The van der Waals surface area contributed by atoms with Gasteiger partial charge in [-0.15, -0.1) is 0 Å². The summed E-state index contributed by atoms with van der Waals surface area (Å²) in [5, 5.41) is -0.303. The van der Waals surface area contributed by atoms with Gasteiger partial charge in [-0.1, -0.05) is 18.2 Å². The number of carbonyl (C=O) groups excluding carboxylic acids is 1. The van der Waals surface area contributed by atoms with E-state index in [0.717, 1.165) is 40.2 Å². The fourth-order valence-electron chi connectivity index (χ4n) is 3.37. The highest BCUT2D eigenvalue weighted by molar-refractivity contribution is 8.00. The Bertz CT molecular complexity index is 1210. The van der Waals surface area contributed by atoms with Crippen molar-refractivity contribution in [2.75, 3.05) is 18.8 Å². The monoisotopic (exact) mass is 467 g/mol. The van der Waals surface area contributed by atoms with Gasteiger partial charge >= 0.3 is 5.69 Å². The molecule has 0 aliphatic carbocycles. The van der Waals surface area contributed by atoms with Crippen molar-refractivity contribution in [2.24, 2.45) is 14.1 Å². The second-order valence-corrected chi connectivity index (χ2v) is 10.7. The molecule has 1 unspecified atom stereocenters. The number of aromatic nitrogens is 3. The van der Waals surface area contributed by atoms with E-state index in [1.807, 2.05) is 0 Å². The molecule has 0 saturated carbocycles. The summed E-state index contributed by atoms with van der Waals surface area (Å²) in [7, 11) is -0.927. The maximum Gasteiger partial charge on any atom is 0.332 e. The Balaban J connectivity index is 1.80. The van der Waals surface area contributed by atoms with Crippen LogP contribution >= 0.6 is 11.8 Å². The van der Waals surface area contributed by atoms with Crippen LogP contribution in [0.3, 0.4) is 0 Å². The lowest BCUT2D eigenvalue weighted by Gasteiger charge is -2.25. The SMILES string of the molecule is CC(Sc1ccc(S(=O)(=O)N2CCCCC2)cn1)C(=O)c1c(N)n(C)c(=O)n(C)c1=O. The number of pyridine rings is 1. The quantitative estimate of drug-likeness (QED) is 0.482. The molecule has 0 bridgehead atoms. The second-order valence-electron chi connectivity index (χ2n) is 7.39. The number of carbonyl (C=O) groups is 1. The summed E-state index contributed by atoms with van der Waals surface area (Å²) < 4.78 is 28.8. The zero-order valence-corrected chi connectivity index (χ0v) is 19.2. The number of sulfonamides is 1. The van der Waals surface area contributed by atoms with Gasteiger partial charge in [-0.3, -0.25) is 18.7 Å². The average molecular weight is 468 g/mol. The molecule has 1 fully saturated rings. The summed E-state index contributed by atoms with van der Waals surface area (Å²) in [6.07, 6.45) is 3.99. The Labute approximate surface area is 184 Å². The van der Waals surface area contributed by atoms with Gasteiger partial charge in [0.2, 0.25) is 10.0 Å². The molecule has 31 heavy (non-hydrogen) atoms. The van der Waals surface area contributed by atoms with Gasteiger partial charge in [-0.25, -0.2) is 18.2 Å².